The summed E-state index contributed by atoms with van der Waals surface area (Å²) in [5.74, 6) is 5.68. The summed E-state index contributed by atoms with van der Waals surface area (Å²) in [5, 5.41) is 0. The van der Waals surface area contributed by atoms with Gasteiger partial charge in [-0.25, -0.2) is 4.39 Å². The van der Waals surface area contributed by atoms with Crippen LogP contribution in [0.1, 0.15) is 41.5 Å². The molecule has 0 saturated carbocycles. The van der Waals surface area contributed by atoms with Crippen molar-refractivity contribution in [2.45, 2.75) is 33.1 Å². The van der Waals surface area contributed by atoms with Crippen LogP contribution in [0.4, 0.5) is 4.39 Å². The number of carbonyl (C=O) groups is 1. The molecule has 0 atom stereocenters. The molecule has 3 nitrogen and oxygen atoms in total. The van der Waals surface area contributed by atoms with Gasteiger partial charge in [0.15, 0.2) is 0 Å². The minimum Gasteiger partial charge on any atom is -0.466 e. The number of hydrogen-bond donors (Lipinski definition) is 0. The Labute approximate surface area is 174 Å². The third-order valence-electron chi connectivity index (χ3n) is 4.27. The van der Waals surface area contributed by atoms with E-state index >= 15 is 0 Å². The smallest absolute Gasteiger partial charge is 0.305 e. The van der Waals surface area contributed by atoms with Crippen LogP contribution >= 0.6 is 11.3 Å². The Bertz CT molecular complexity index is 1040. The number of thiophene rings is 1. The molecule has 0 radical (unpaired) electrons. The fourth-order valence-corrected chi connectivity index (χ4v) is 3.75. The van der Waals surface area contributed by atoms with Crippen molar-refractivity contribution >= 4 is 17.3 Å². The van der Waals surface area contributed by atoms with Crippen LogP contribution in [0.25, 0.3) is 10.4 Å². The molecule has 0 bridgehead atoms. The van der Waals surface area contributed by atoms with E-state index in [1.165, 1.54) is 17.0 Å². The summed E-state index contributed by atoms with van der Waals surface area (Å²) in [5.41, 5.74) is 3.25. The fraction of sp³-hybridized carbons (Fsp3) is 0.250. The number of aromatic nitrogens is 1. The largest absolute Gasteiger partial charge is 0.466 e. The van der Waals surface area contributed by atoms with Gasteiger partial charge in [0.25, 0.3) is 0 Å². The lowest BCUT2D eigenvalue weighted by Crippen LogP contribution is -2.04. The summed E-state index contributed by atoms with van der Waals surface area (Å²) in [6.07, 6.45) is 3.50. The second-order valence-corrected chi connectivity index (χ2v) is 7.83. The van der Waals surface area contributed by atoms with Crippen molar-refractivity contribution in [3.8, 4) is 22.3 Å². The third kappa shape index (κ3) is 6.00. The summed E-state index contributed by atoms with van der Waals surface area (Å²) in [7, 11) is 0. The summed E-state index contributed by atoms with van der Waals surface area (Å²) in [6, 6.07) is 12.6. The minimum absolute atomic E-state index is 0.179. The number of aryl methyl sites for hydroxylation is 2. The van der Waals surface area contributed by atoms with Crippen molar-refractivity contribution in [3.63, 3.8) is 0 Å². The number of rotatable bonds is 6. The van der Waals surface area contributed by atoms with Crippen molar-refractivity contribution in [1.82, 2.24) is 4.98 Å². The van der Waals surface area contributed by atoms with Crippen molar-refractivity contribution in [2.75, 3.05) is 6.61 Å². The Morgan fingerprint density at radius 2 is 2.03 bits per heavy atom. The van der Waals surface area contributed by atoms with Crippen LogP contribution in [-0.2, 0) is 16.0 Å². The van der Waals surface area contributed by atoms with Crippen LogP contribution in [0.3, 0.4) is 0 Å². The van der Waals surface area contributed by atoms with E-state index in [-0.39, 0.29) is 11.8 Å². The second-order valence-electron chi connectivity index (χ2n) is 6.55. The molecule has 0 fully saturated rings. The summed E-state index contributed by atoms with van der Waals surface area (Å²) in [4.78, 5) is 18.1. The van der Waals surface area contributed by atoms with Gasteiger partial charge in [0.1, 0.15) is 5.82 Å². The first-order valence-electron chi connectivity index (χ1n) is 9.54. The second kappa shape index (κ2) is 9.99. The SMILES string of the molecule is CCOC(=O)CCCc1ccc(C#Cc2cc(F)ccc2-c2ccc(C)s2)cn1. The molecule has 148 valence electrons. The zero-order valence-corrected chi connectivity index (χ0v) is 17.3. The Balaban J connectivity index is 1.70. The summed E-state index contributed by atoms with van der Waals surface area (Å²) in [6.45, 7) is 4.25. The number of pyridine rings is 1. The van der Waals surface area contributed by atoms with Gasteiger partial charge in [-0.3, -0.25) is 9.78 Å². The molecule has 0 aliphatic rings. The average Bonchev–Trinajstić information content (AvgIpc) is 3.14. The highest BCUT2D eigenvalue weighted by atomic mass is 32.1. The molecule has 2 heterocycles. The lowest BCUT2D eigenvalue weighted by Gasteiger charge is -2.03. The van der Waals surface area contributed by atoms with Crippen LogP contribution in [0, 0.1) is 24.6 Å². The van der Waals surface area contributed by atoms with Crippen LogP contribution < -0.4 is 0 Å². The Hall–Kier alpha value is -2.97. The Kier molecular flexibility index (Phi) is 7.15. The number of carbonyl (C=O) groups excluding carboxylic acids is 1. The molecule has 3 aromatic rings. The number of esters is 1. The molecular formula is C24H22FNO2S. The third-order valence-corrected chi connectivity index (χ3v) is 5.31. The molecule has 29 heavy (non-hydrogen) atoms. The van der Waals surface area contributed by atoms with Crippen LogP contribution in [0.2, 0.25) is 0 Å². The van der Waals surface area contributed by atoms with Crippen molar-refractivity contribution in [3.05, 3.63) is 76.2 Å². The van der Waals surface area contributed by atoms with Crippen molar-refractivity contribution < 1.29 is 13.9 Å². The quantitative estimate of drug-likeness (QED) is 0.398. The Morgan fingerprint density at radius 3 is 2.72 bits per heavy atom. The van der Waals surface area contributed by atoms with Gasteiger partial charge in [0, 0.05) is 44.8 Å². The van der Waals surface area contributed by atoms with Gasteiger partial charge in [-0.1, -0.05) is 11.8 Å². The predicted molar refractivity (Wildman–Crippen MR) is 114 cm³/mol. The van der Waals surface area contributed by atoms with E-state index in [0.29, 0.717) is 31.4 Å². The zero-order chi connectivity index (χ0) is 20.6. The van der Waals surface area contributed by atoms with Gasteiger partial charge in [-0.2, -0.15) is 0 Å². The van der Waals surface area contributed by atoms with E-state index in [9.17, 15) is 9.18 Å². The number of nitrogens with zero attached hydrogens (tertiary/aromatic N) is 1. The topological polar surface area (TPSA) is 39.2 Å². The molecule has 5 heteroatoms. The summed E-state index contributed by atoms with van der Waals surface area (Å²) < 4.78 is 18.7. The van der Waals surface area contributed by atoms with Gasteiger partial charge in [0.05, 0.1) is 6.61 Å². The van der Waals surface area contributed by atoms with Crippen molar-refractivity contribution in [1.29, 1.82) is 0 Å². The average molecular weight is 408 g/mol. The number of hydrogen-bond acceptors (Lipinski definition) is 4. The molecule has 0 unspecified atom stereocenters. The first-order valence-corrected chi connectivity index (χ1v) is 10.4. The molecule has 0 spiro atoms. The molecule has 0 amide bonds. The van der Waals surface area contributed by atoms with Gasteiger partial charge < -0.3 is 4.74 Å². The van der Waals surface area contributed by atoms with Crippen LogP contribution in [-0.4, -0.2) is 17.6 Å². The molecule has 0 saturated heterocycles. The highest BCUT2D eigenvalue weighted by molar-refractivity contribution is 7.15. The van der Waals surface area contributed by atoms with E-state index in [0.717, 1.165) is 21.7 Å². The maximum absolute atomic E-state index is 13.8. The molecular weight excluding hydrogens is 385 g/mol. The molecule has 1 aromatic carbocycles. The van der Waals surface area contributed by atoms with Gasteiger partial charge >= 0.3 is 5.97 Å². The van der Waals surface area contributed by atoms with Crippen LogP contribution in [0.5, 0.6) is 0 Å². The Morgan fingerprint density at radius 1 is 1.17 bits per heavy atom. The van der Waals surface area contributed by atoms with E-state index < -0.39 is 0 Å². The molecule has 0 N–H and O–H groups in total. The van der Waals surface area contributed by atoms with Gasteiger partial charge in [0.2, 0.25) is 0 Å². The molecule has 0 aliphatic carbocycles. The highest BCUT2D eigenvalue weighted by Gasteiger charge is 2.07. The normalized spacial score (nSPS) is 10.3. The van der Waals surface area contributed by atoms with E-state index in [4.69, 9.17) is 4.74 Å². The standard InChI is InChI=1S/C24H22FNO2S/c1-3-28-24(27)6-4-5-21-12-9-18(16-26-21)8-10-19-15-20(25)11-13-22(19)23-14-7-17(2)29-23/h7,9,11-16H,3-6H2,1-2H3. The molecule has 0 aliphatic heterocycles. The predicted octanol–water partition coefficient (Wildman–Crippen LogP) is 5.54. The molecule has 2 aromatic heterocycles. The van der Waals surface area contributed by atoms with Gasteiger partial charge in [-0.05, 0) is 69.2 Å². The van der Waals surface area contributed by atoms with Gasteiger partial charge in [-0.15, -0.1) is 11.3 Å². The zero-order valence-electron chi connectivity index (χ0n) is 16.5. The monoisotopic (exact) mass is 407 g/mol. The fourth-order valence-electron chi connectivity index (χ4n) is 2.85. The van der Waals surface area contributed by atoms with Crippen LogP contribution in [0.15, 0.2) is 48.7 Å². The lowest BCUT2D eigenvalue weighted by atomic mass is 10.1. The first kappa shape index (κ1) is 20.8. The maximum Gasteiger partial charge on any atom is 0.305 e. The summed E-state index contributed by atoms with van der Waals surface area (Å²) >= 11 is 1.66. The van der Waals surface area contributed by atoms with E-state index in [2.05, 4.69) is 16.8 Å². The first-order chi connectivity index (χ1) is 14.0. The lowest BCUT2D eigenvalue weighted by molar-refractivity contribution is -0.143. The maximum atomic E-state index is 13.8. The number of benzene rings is 1. The van der Waals surface area contributed by atoms with E-state index in [1.54, 1.807) is 30.5 Å². The molecule has 3 rings (SSSR count). The number of halogens is 1. The number of ether oxygens (including phenoxy) is 1. The minimum atomic E-state index is -0.304. The highest BCUT2D eigenvalue weighted by Crippen LogP contribution is 2.30. The van der Waals surface area contributed by atoms with Crippen molar-refractivity contribution in [2.24, 2.45) is 0 Å². The van der Waals surface area contributed by atoms with E-state index in [1.807, 2.05) is 31.2 Å².